The molecule has 2 aromatic rings. The monoisotopic (exact) mass is 409 g/mol. The fourth-order valence-electron chi connectivity index (χ4n) is 4.11. The van der Waals surface area contributed by atoms with Crippen LogP contribution in [0.15, 0.2) is 18.2 Å². The maximum Gasteiger partial charge on any atom is 0.262 e. The zero-order valence-electron chi connectivity index (χ0n) is 15.9. The third kappa shape index (κ3) is 3.01. The summed E-state index contributed by atoms with van der Waals surface area (Å²) in [4.78, 5) is 13.9. The van der Waals surface area contributed by atoms with Gasteiger partial charge in [0.2, 0.25) is 0 Å². The summed E-state index contributed by atoms with van der Waals surface area (Å²) >= 11 is 0. The number of hydrogen-bond acceptors (Lipinski definition) is 3. The lowest BCUT2D eigenvalue weighted by Gasteiger charge is -2.24. The zero-order chi connectivity index (χ0) is 20.9. The number of carbonyl (C=O) groups is 1. The van der Waals surface area contributed by atoms with Crippen LogP contribution < -0.4 is 14.4 Å². The predicted octanol–water partition coefficient (Wildman–Crippen LogP) is 5.29. The number of amides is 1. The van der Waals surface area contributed by atoms with Crippen molar-refractivity contribution in [2.24, 2.45) is 0 Å². The minimum atomic E-state index is -2.00. The highest BCUT2D eigenvalue weighted by molar-refractivity contribution is 6.11. The Balaban J connectivity index is 1.76. The molecule has 2 aromatic carbocycles. The average Bonchev–Trinajstić information content (AvgIpc) is 3.30. The van der Waals surface area contributed by atoms with Crippen LogP contribution in [0.1, 0.15) is 54.6 Å². The number of anilines is 1. The molecule has 0 radical (unpaired) electrons. The van der Waals surface area contributed by atoms with Crippen LogP contribution in [0.25, 0.3) is 0 Å². The van der Waals surface area contributed by atoms with Crippen molar-refractivity contribution in [3.05, 3.63) is 52.6 Å². The summed E-state index contributed by atoms with van der Waals surface area (Å²) < 4.78 is 67.3. The SMILES string of the molecule is COc1ccc(N2C(=O)c3c(F)c(F)c(F)c(F)c3C2C)cc1OC1CCCC1. The molecule has 4 rings (SSSR count). The first-order valence-corrected chi connectivity index (χ1v) is 9.39. The Morgan fingerprint density at radius 3 is 2.28 bits per heavy atom. The number of benzene rings is 2. The van der Waals surface area contributed by atoms with E-state index < -0.39 is 46.3 Å². The molecule has 2 aliphatic rings. The molecule has 0 saturated heterocycles. The van der Waals surface area contributed by atoms with E-state index in [0.717, 1.165) is 30.6 Å². The Morgan fingerprint density at radius 1 is 0.966 bits per heavy atom. The van der Waals surface area contributed by atoms with Crippen LogP contribution in [0, 0.1) is 23.3 Å². The molecule has 154 valence electrons. The van der Waals surface area contributed by atoms with Gasteiger partial charge >= 0.3 is 0 Å². The summed E-state index contributed by atoms with van der Waals surface area (Å²) in [6.45, 7) is 1.42. The van der Waals surface area contributed by atoms with Gasteiger partial charge in [0.25, 0.3) is 5.91 Å². The Labute approximate surface area is 165 Å². The molecule has 1 fully saturated rings. The fraction of sp³-hybridized carbons (Fsp3) is 0.381. The fourth-order valence-corrected chi connectivity index (χ4v) is 4.11. The Morgan fingerprint density at radius 2 is 1.62 bits per heavy atom. The van der Waals surface area contributed by atoms with Gasteiger partial charge in [0.05, 0.1) is 24.8 Å². The van der Waals surface area contributed by atoms with Gasteiger partial charge in [-0.15, -0.1) is 0 Å². The van der Waals surface area contributed by atoms with Crippen molar-refractivity contribution < 1.29 is 31.8 Å². The first-order valence-electron chi connectivity index (χ1n) is 9.39. The number of carbonyl (C=O) groups excluding carboxylic acids is 1. The standard InChI is InChI=1S/C21H19F4NO3/c1-10-15-16(18(23)20(25)19(24)17(15)22)21(27)26(10)11-7-8-13(28-2)14(9-11)29-12-5-3-4-6-12/h7-10,12H,3-6H2,1-2H3. The van der Waals surface area contributed by atoms with E-state index in [9.17, 15) is 22.4 Å². The molecule has 0 bridgehead atoms. The quantitative estimate of drug-likeness (QED) is 0.391. The van der Waals surface area contributed by atoms with Gasteiger partial charge in [-0.2, -0.15) is 0 Å². The van der Waals surface area contributed by atoms with Crippen molar-refractivity contribution in [1.82, 2.24) is 0 Å². The van der Waals surface area contributed by atoms with Crippen molar-refractivity contribution in [3.8, 4) is 11.5 Å². The smallest absolute Gasteiger partial charge is 0.262 e. The minimum Gasteiger partial charge on any atom is -0.493 e. The van der Waals surface area contributed by atoms with Gasteiger partial charge < -0.3 is 14.4 Å². The highest BCUT2D eigenvalue weighted by atomic mass is 19.2. The van der Waals surface area contributed by atoms with Crippen LogP contribution in [0.2, 0.25) is 0 Å². The molecule has 0 spiro atoms. The summed E-state index contributed by atoms with van der Waals surface area (Å²) in [6.07, 6.45) is 3.92. The molecule has 0 N–H and O–H groups in total. The summed E-state index contributed by atoms with van der Waals surface area (Å²) in [5, 5.41) is 0. The van der Waals surface area contributed by atoms with Crippen LogP contribution in [0.5, 0.6) is 11.5 Å². The molecule has 1 aliphatic carbocycles. The molecule has 29 heavy (non-hydrogen) atoms. The summed E-state index contributed by atoms with van der Waals surface area (Å²) in [5.41, 5.74) is -1.00. The van der Waals surface area contributed by atoms with Crippen molar-refractivity contribution >= 4 is 11.6 Å². The second-order valence-corrected chi connectivity index (χ2v) is 7.26. The molecule has 4 nitrogen and oxygen atoms in total. The van der Waals surface area contributed by atoms with Gasteiger partial charge in [-0.05, 0) is 44.7 Å². The summed E-state index contributed by atoms with van der Waals surface area (Å²) in [7, 11) is 1.48. The Kier molecular flexibility index (Phi) is 4.88. The molecule has 8 heteroatoms. The van der Waals surface area contributed by atoms with Crippen LogP contribution in [0.4, 0.5) is 23.2 Å². The molecule has 1 saturated carbocycles. The van der Waals surface area contributed by atoms with E-state index >= 15 is 0 Å². The maximum absolute atomic E-state index is 14.3. The van der Waals surface area contributed by atoms with E-state index in [0.29, 0.717) is 11.5 Å². The van der Waals surface area contributed by atoms with E-state index in [2.05, 4.69) is 0 Å². The maximum atomic E-state index is 14.3. The zero-order valence-corrected chi connectivity index (χ0v) is 15.9. The van der Waals surface area contributed by atoms with Gasteiger partial charge in [-0.3, -0.25) is 4.79 Å². The lowest BCUT2D eigenvalue weighted by molar-refractivity contribution is 0.0988. The van der Waals surface area contributed by atoms with E-state index in [1.54, 1.807) is 12.1 Å². The van der Waals surface area contributed by atoms with Crippen molar-refractivity contribution in [2.45, 2.75) is 44.8 Å². The first kappa shape index (κ1) is 19.5. The second kappa shape index (κ2) is 7.24. The number of methoxy groups -OCH3 is 1. The molecular weight excluding hydrogens is 390 g/mol. The summed E-state index contributed by atoms with van der Waals surface area (Å²) in [6, 6.07) is 3.62. The van der Waals surface area contributed by atoms with E-state index in [1.165, 1.54) is 20.1 Å². The molecule has 1 aliphatic heterocycles. The van der Waals surface area contributed by atoms with Crippen LogP contribution >= 0.6 is 0 Å². The van der Waals surface area contributed by atoms with Gasteiger partial charge in [0.15, 0.2) is 34.8 Å². The Hall–Kier alpha value is -2.77. The third-order valence-corrected chi connectivity index (χ3v) is 5.56. The van der Waals surface area contributed by atoms with Crippen molar-refractivity contribution in [1.29, 1.82) is 0 Å². The van der Waals surface area contributed by atoms with E-state index in [1.807, 2.05) is 0 Å². The molecule has 1 amide bonds. The van der Waals surface area contributed by atoms with Crippen molar-refractivity contribution in [2.75, 3.05) is 12.0 Å². The number of nitrogens with zero attached hydrogens (tertiary/aromatic N) is 1. The second-order valence-electron chi connectivity index (χ2n) is 7.26. The molecule has 1 atom stereocenters. The highest BCUT2D eigenvalue weighted by Crippen LogP contribution is 2.44. The van der Waals surface area contributed by atoms with Gasteiger partial charge in [-0.25, -0.2) is 17.6 Å². The minimum absolute atomic E-state index is 0.0149. The number of fused-ring (bicyclic) bond motifs is 1. The average molecular weight is 409 g/mol. The molecule has 1 unspecified atom stereocenters. The largest absolute Gasteiger partial charge is 0.493 e. The Bertz CT molecular complexity index is 989. The highest BCUT2D eigenvalue weighted by Gasteiger charge is 2.43. The predicted molar refractivity (Wildman–Crippen MR) is 97.4 cm³/mol. The van der Waals surface area contributed by atoms with Gasteiger partial charge in [0, 0.05) is 17.3 Å². The first-order chi connectivity index (χ1) is 13.8. The topological polar surface area (TPSA) is 38.8 Å². The van der Waals surface area contributed by atoms with Crippen molar-refractivity contribution in [3.63, 3.8) is 0 Å². The van der Waals surface area contributed by atoms with Crippen LogP contribution in [-0.4, -0.2) is 19.1 Å². The van der Waals surface area contributed by atoms with E-state index in [4.69, 9.17) is 9.47 Å². The number of rotatable bonds is 4. The van der Waals surface area contributed by atoms with Crippen LogP contribution in [0.3, 0.4) is 0 Å². The van der Waals surface area contributed by atoms with Gasteiger partial charge in [-0.1, -0.05) is 0 Å². The lowest BCUT2D eigenvalue weighted by Crippen LogP contribution is -2.26. The normalized spacial score (nSPS) is 19.0. The third-order valence-electron chi connectivity index (χ3n) is 5.56. The van der Waals surface area contributed by atoms with Crippen LogP contribution in [-0.2, 0) is 0 Å². The summed E-state index contributed by atoms with van der Waals surface area (Å²) in [5.74, 6) is -7.27. The number of hydrogen-bond donors (Lipinski definition) is 0. The molecular formula is C21H19F4NO3. The molecule has 1 heterocycles. The number of ether oxygens (including phenoxy) is 2. The van der Waals surface area contributed by atoms with Gasteiger partial charge in [0.1, 0.15) is 0 Å². The molecule has 0 aromatic heterocycles. The lowest BCUT2D eigenvalue weighted by atomic mass is 10.0. The van der Waals surface area contributed by atoms with E-state index in [-0.39, 0.29) is 11.8 Å². The number of halogens is 4.